The van der Waals surface area contributed by atoms with Gasteiger partial charge < -0.3 is 20.8 Å². The number of hydrogen-bond acceptors (Lipinski definition) is 3. The maximum absolute atomic E-state index is 11.4. The minimum atomic E-state index is -1.16. The first-order chi connectivity index (χ1) is 10.1. The zero-order valence-corrected chi connectivity index (χ0v) is 14.2. The van der Waals surface area contributed by atoms with Crippen molar-refractivity contribution < 1.29 is 15.0 Å². The van der Waals surface area contributed by atoms with E-state index in [1.54, 1.807) is 19.2 Å². The van der Waals surface area contributed by atoms with Crippen molar-refractivity contribution in [1.82, 2.24) is 10.6 Å². The maximum Gasteiger partial charge on any atom is 0.405 e. The fraction of sp³-hybridized carbons (Fsp3) is 0.562. The predicted molar refractivity (Wildman–Crippen MR) is 88.4 cm³/mol. The summed E-state index contributed by atoms with van der Waals surface area (Å²) < 4.78 is 0. The molecule has 0 fully saturated rings. The molecule has 0 bridgehead atoms. The summed E-state index contributed by atoms with van der Waals surface area (Å²) in [6.07, 6.45) is -1.72. The number of carboxylic acid groups (broad SMARTS) is 1. The number of benzene rings is 1. The van der Waals surface area contributed by atoms with Crippen molar-refractivity contribution in [2.45, 2.75) is 38.8 Å². The highest BCUT2D eigenvalue weighted by molar-refractivity contribution is 6.30. The molecule has 1 rings (SSSR count). The summed E-state index contributed by atoms with van der Waals surface area (Å²) in [5, 5.41) is 26.0. The Hall–Kier alpha value is -1.30. The van der Waals surface area contributed by atoms with Crippen LogP contribution in [0.4, 0.5) is 4.79 Å². The molecule has 1 aromatic rings. The first-order valence-corrected chi connectivity index (χ1v) is 7.58. The molecule has 1 amide bonds. The Bertz CT molecular complexity index is 516. The lowest BCUT2D eigenvalue weighted by Crippen LogP contribution is -2.67. The molecule has 6 heteroatoms. The van der Waals surface area contributed by atoms with Crippen LogP contribution in [0.3, 0.4) is 0 Å². The van der Waals surface area contributed by atoms with E-state index in [9.17, 15) is 15.0 Å². The molecule has 0 saturated heterocycles. The van der Waals surface area contributed by atoms with Crippen LogP contribution in [0, 0.1) is 5.41 Å². The Morgan fingerprint density at radius 3 is 2.45 bits per heavy atom. The van der Waals surface area contributed by atoms with Crippen molar-refractivity contribution in [2.75, 3.05) is 13.6 Å². The van der Waals surface area contributed by atoms with E-state index < -0.39 is 23.2 Å². The number of aliphatic hydroxyl groups excluding tert-OH is 1. The molecule has 0 aliphatic heterocycles. The highest BCUT2D eigenvalue weighted by Crippen LogP contribution is 2.37. The second-order valence-electron chi connectivity index (χ2n) is 6.53. The van der Waals surface area contributed by atoms with Gasteiger partial charge in [-0.05, 0) is 36.6 Å². The van der Waals surface area contributed by atoms with E-state index in [2.05, 4.69) is 10.6 Å². The third kappa shape index (κ3) is 4.35. The maximum atomic E-state index is 11.4. The van der Waals surface area contributed by atoms with Gasteiger partial charge in [0.1, 0.15) is 0 Å². The standard InChI is InChI=1S/C16H25ClN2O3/c1-15(2,3)16(19-14(21)22,13(20)10-18-4)9-11-6-5-7-12(17)8-11/h5-8,13,18-20H,9-10H2,1-4H3,(H,21,22)/t13-,16-/m1/s1. The minimum Gasteiger partial charge on any atom is -0.465 e. The SMILES string of the molecule is CNC[C@@H](O)[C@@](Cc1cccc(Cl)c1)(NC(=O)O)C(C)(C)C. The Morgan fingerprint density at radius 2 is 2.00 bits per heavy atom. The van der Waals surface area contributed by atoms with Gasteiger partial charge in [-0.3, -0.25) is 0 Å². The first-order valence-electron chi connectivity index (χ1n) is 7.20. The van der Waals surface area contributed by atoms with E-state index in [0.717, 1.165) is 5.56 Å². The molecule has 0 aromatic heterocycles. The molecule has 0 unspecified atom stereocenters. The van der Waals surface area contributed by atoms with Gasteiger partial charge in [0.25, 0.3) is 0 Å². The summed E-state index contributed by atoms with van der Waals surface area (Å²) in [6.45, 7) is 6.00. The minimum absolute atomic E-state index is 0.276. The van der Waals surface area contributed by atoms with Gasteiger partial charge in [-0.2, -0.15) is 0 Å². The van der Waals surface area contributed by atoms with Crippen molar-refractivity contribution in [3.05, 3.63) is 34.9 Å². The van der Waals surface area contributed by atoms with Crippen molar-refractivity contribution in [3.63, 3.8) is 0 Å². The van der Waals surface area contributed by atoms with E-state index >= 15 is 0 Å². The van der Waals surface area contributed by atoms with Gasteiger partial charge in [0.2, 0.25) is 0 Å². The van der Waals surface area contributed by atoms with Crippen LogP contribution in [0.25, 0.3) is 0 Å². The van der Waals surface area contributed by atoms with Crippen molar-refractivity contribution in [3.8, 4) is 0 Å². The lowest BCUT2D eigenvalue weighted by molar-refractivity contribution is -0.00778. The average molecular weight is 329 g/mol. The molecular weight excluding hydrogens is 304 g/mol. The zero-order valence-electron chi connectivity index (χ0n) is 13.5. The smallest absolute Gasteiger partial charge is 0.405 e. The van der Waals surface area contributed by atoms with Crippen molar-refractivity contribution >= 4 is 17.7 Å². The highest BCUT2D eigenvalue weighted by atomic mass is 35.5. The zero-order chi connectivity index (χ0) is 17.0. The van der Waals surface area contributed by atoms with Crippen LogP contribution >= 0.6 is 11.6 Å². The summed E-state index contributed by atoms with van der Waals surface area (Å²) in [5.74, 6) is 0. The molecule has 0 aliphatic rings. The van der Waals surface area contributed by atoms with Crippen molar-refractivity contribution in [2.24, 2.45) is 5.41 Å². The first kappa shape index (κ1) is 18.7. The Labute approximate surface area is 136 Å². The topological polar surface area (TPSA) is 81.6 Å². The molecule has 4 N–H and O–H groups in total. The monoisotopic (exact) mass is 328 g/mol. The quantitative estimate of drug-likeness (QED) is 0.647. The molecule has 0 heterocycles. The molecule has 124 valence electrons. The van der Waals surface area contributed by atoms with E-state index in [1.165, 1.54) is 0 Å². The lowest BCUT2D eigenvalue weighted by Gasteiger charge is -2.48. The lowest BCUT2D eigenvalue weighted by atomic mass is 9.66. The summed E-state index contributed by atoms with van der Waals surface area (Å²) in [6, 6.07) is 7.24. The summed E-state index contributed by atoms with van der Waals surface area (Å²) >= 11 is 6.02. The molecule has 1 aromatic carbocycles. The molecule has 0 radical (unpaired) electrons. The van der Waals surface area contributed by atoms with Crippen LogP contribution in [0.2, 0.25) is 5.02 Å². The van der Waals surface area contributed by atoms with Gasteiger partial charge in [0.15, 0.2) is 0 Å². The van der Waals surface area contributed by atoms with E-state index in [1.807, 2.05) is 32.9 Å². The fourth-order valence-electron chi connectivity index (χ4n) is 2.73. The van der Waals surface area contributed by atoms with Gasteiger partial charge >= 0.3 is 6.09 Å². The van der Waals surface area contributed by atoms with Crippen LogP contribution in [-0.4, -0.2) is 41.5 Å². The van der Waals surface area contributed by atoms with Crippen LogP contribution < -0.4 is 10.6 Å². The van der Waals surface area contributed by atoms with Crippen LogP contribution in [0.1, 0.15) is 26.3 Å². The van der Waals surface area contributed by atoms with E-state index in [4.69, 9.17) is 11.6 Å². The number of amides is 1. The fourth-order valence-corrected chi connectivity index (χ4v) is 2.94. The van der Waals surface area contributed by atoms with Crippen LogP contribution in [0.5, 0.6) is 0 Å². The van der Waals surface area contributed by atoms with Crippen molar-refractivity contribution in [1.29, 1.82) is 0 Å². The van der Waals surface area contributed by atoms with E-state index in [0.29, 0.717) is 11.4 Å². The van der Waals surface area contributed by atoms with Crippen LogP contribution in [0.15, 0.2) is 24.3 Å². The second kappa shape index (κ2) is 7.31. The summed E-state index contributed by atoms with van der Waals surface area (Å²) in [5.41, 5.74) is -0.692. The molecule has 2 atom stereocenters. The number of rotatable bonds is 6. The van der Waals surface area contributed by atoms with Crippen LogP contribution in [-0.2, 0) is 6.42 Å². The molecule has 0 spiro atoms. The number of likely N-dealkylation sites (N-methyl/N-ethyl adjacent to an activating group) is 1. The third-order valence-corrected chi connectivity index (χ3v) is 4.24. The number of halogens is 1. The number of carbonyl (C=O) groups is 1. The highest BCUT2D eigenvalue weighted by Gasteiger charge is 2.48. The summed E-state index contributed by atoms with van der Waals surface area (Å²) in [4.78, 5) is 11.4. The Morgan fingerprint density at radius 1 is 1.36 bits per heavy atom. The molecular formula is C16H25ClN2O3. The third-order valence-electron chi connectivity index (χ3n) is 4.01. The molecule has 0 saturated carbocycles. The second-order valence-corrected chi connectivity index (χ2v) is 6.97. The molecule has 22 heavy (non-hydrogen) atoms. The number of hydrogen-bond donors (Lipinski definition) is 4. The van der Waals surface area contributed by atoms with Gasteiger partial charge in [0.05, 0.1) is 11.6 Å². The number of aliphatic hydroxyl groups is 1. The normalized spacial score (nSPS) is 15.9. The number of nitrogens with one attached hydrogen (secondary N) is 2. The molecule has 0 aliphatic carbocycles. The van der Waals surface area contributed by atoms with Gasteiger partial charge in [-0.15, -0.1) is 0 Å². The molecule has 5 nitrogen and oxygen atoms in total. The predicted octanol–water partition coefficient (Wildman–Crippen LogP) is 2.52. The Kier molecular flexibility index (Phi) is 6.23. The average Bonchev–Trinajstić information content (AvgIpc) is 2.36. The largest absolute Gasteiger partial charge is 0.465 e. The van der Waals surface area contributed by atoms with Gasteiger partial charge in [-0.1, -0.05) is 44.5 Å². The van der Waals surface area contributed by atoms with Gasteiger partial charge in [0, 0.05) is 11.6 Å². The Balaban J connectivity index is 3.31. The van der Waals surface area contributed by atoms with E-state index in [-0.39, 0.29) is 6.54 Å². The van der Waals surface area contributed by atoms with Gasteiger partial charge in [-0.25, -0.2) is 4.79 Å². The summed E-state index contributed by atoms with van der Waals surface area (Å²) in [7, 11) is 1.72.